The molecule has 2 aliphatic heterocycles. The van der Waals surface area contributed by atoms with Crippen molar-refractivity contribution in [2.24, 2.45) is 0 Å². The summed E-state index contributed by atoms with van der Waals surface area (Å²) in [6.07, 6.45) is 6.96. The third-order valence-electron chi connectivity index (χ3n) is 4.39. The standard InChI is InChI=1S/C14H24N4/c1-11(2)18-10-14(7-15-18)17-9-13-5-4-6-16(13)8-12(17)3/h7,10-13H,4-6,8-9H2,1-3H3. The van der Waals surface area contributed by atoms with E-state index in [4.69, 9.17) is 0 Å². The molecule has 1 aromatic rings. The molecule has 18 heavy (non-hydrogen) atoms. The number of hydrogen-bond acceptors (Lipinski definition) is 3. The maximum Gasteiger partial charge on any atom is 0.0756 e. The van der Waals surface area contributed by atoms with Gasteiger partial charge in [0, 0.05) is 37.4 Å². The minimum absolute atomic E-state index is 0.446. The molecule has 4 heteroatoms. The molecule has 3 rings (SSSR count). The van der Waals surface area contributed by atoms with Gasteiger partial charge in [-0.05, 0) is 40.2 Å². The smallest absolute Gasteiger partial charge is 0.0756 e. The Kier molecular flexibility index (Phi) is 3.06. The predicted molar refractivity (Wildman–Crippen MR) is 74.0 cm³/mol. The van der Waals surface area contributed by atoms with E-state index in [1.807, 2.05) is 6.20 Å². The number of nitrogens with zero attached hydrogens (tertiary/aromatic N) is 4. The molecular weight excluding hydrogens is 224 g/mol. The molecule has 0 amide bonds. The predicted octanol–water partition coefficient (Wildman–Crippen LogP) is 2.14. The van der Waals surface area contributed by atoms with E-state index in [0.717, 1.165) is 6.04 Å². The highest BCUT2D eigenvalue weighted by atomic mass is 15.4. The Balaban J connectivity index is 1.78. The molecule has 0 aliphatic carbocycles. The number of anilines is 1. The quantitative estimate of drug-likeness (QED) is 0.801. The van der Waals surface area contributed by atoms with Crippen molar-refractivity contribution in [1.29, 1.82) is 0 Å². The van der Waals surface area contributed by atoms with E-state index in [1.165, 1.54) is 38.2 Å². The van der Waals surface area contributed by atoms with Crippen molar-refractivity contribution in [3.8, 4) is 0 Å². The van der Waals surface area contributed by atoms with Crippen LogP contribution in [0.3, 0.4) is 0 Å². The van der Waals surface area contributed by atoms with Crippen molar-refractivity contribution in [3.05, 3.63) is 12.4 Å². The lowest BCUT2D eigenvalue weighted by Gasteiger charge is -2.43. The summed E-state index contributed by atoms with van der Waals surface area (Å²) >= 11 is 0. The molecule has 2 saturated heterocycles. The molecule has 2 unspecified atom stereocenters. The molecule has 3 heterocycles. The first-order valence-corrected chi connectivity index (χ1v) is 7.20. The summed E-state index contributed by atoms with van der Waals surface area (Å²) in [5, 5.41) is 4.47. The highest BCUT2D eigenvalue weighted by molar-refractivity contribution is 5.44. The van der Waals surface area contributed by atoms with Crippen LogP contribution in [-0.4, -0.2) is 46.4 Å². The van der Waals surface area contributed by atoms with Crippen molar-refractivity contribution in [2.75, 3.05) is 24.5 Å². The number of aromatic nitrogens is 2. The summed E-state index contributed by atoms with van der Waals surface area (Å²) in [6.45, 7) is 10.4. The monoisotopic (exact) mass is 248 g/mol. The van der Waals surface area contributed by atoms with Crippen LogP contribution in [0.1, 0.15) is 39.7 Å². The third-order valence-corrected chi connectivity index (χ3v) is 4.39. The lowest BCUT2D eigenvalue weighted by Crippen LogP contribution is -2.55. The molecule has 0 saturated carbocycles. The van der Waals surface area contributed by atoms with Crippen molar-refractivity contribution in [2.45, 2.75) is 51.7 Å². The van der Waals surface area contributed by atoms with Crippen molar-refractivity contribution >= 4 is 5.69 Å². The fourth-order valence-electron chi connectivity index (χ4n) is 3.31. The molecule has 0 N–H and O–H groups in total. The topological polar surface area (TPSA) is 24.3 Å². The van der Waals surface area contributed by atoms with Crippen LogP contribution in [0.4, 0.5) is 5.69 Å². The highest BCUT2D eigenvalue weighted by Crippen LogP contribution is 2.28. The SMILES string of the molecule is CC1CN2CCCC2CN1c1cnn(C(C)C)c1. The Morgan fingerprint density at radius 1 is 1.33 bits per heavy atom. The number of piperazine rings is 1. The van der Waals surface area contributed by atoms with Gasteiger partial charge in [-0.1, -0.05) is 0 Å². The second-order valence-electron chi connectivity index (χ2n) is 6.06. The molecule has 2 atom stereocenters. The van der Waals surface area contributed by atoms with Gasteiger partial charge in [0.05, 0.1) is 11.9 Å². The van der Waals surface area contributed by atoms with Crippen LogP contribution in [-0.2, 0) is 0 Å². The average molecular weight is 248 g/mol. The van der Waals surface area contributed by atoms with Crippen molar-refractivity contribution in [1.82, 2.24) is 14.7 Å². The first-order chi connectivity index (χ1) is 8.65. The zero-order valence-electron chi connectivity index (χ0n) is 11.7. The van der Waals surface area contributed by atoms with Gasteiger partial charge >= 0.3 is 0 Å². The second-order valence-corrected chi connectivity index (χ2v) is 6.06. The van der Waals surface area contributed by atoms with E-state index in [1.54, 1.807) is 0 Å². The van der Waals surface area contributed by atoms with Crippen LogP contribution in [0.5, 0.6) is 0 Å². The second kappa shape index (κ2) is 4.57. The van der Waals surface area contributed by atoms with Crippen LogP contribution < -0.4 is 4.90 Å². The zero-order chi connectivity index (χ0) is 12.7. The van der Waals surface area contributed by atoms with E-state index in [2.05, 4.69) is 46.5 Å². The van der Waals surface area contributed by atoms with Gasteiger partial charge in [-0.25, -0.2) is 0 Å². The van der Waals surface area contributed by atoms with Crippen LogP contribution in [0.25, 0.3) is 0 Å². The van der Waals surface area contributed by atoms with Crippen LogP contribution in [0.2, 0.25) is 0 Å². The van der Waals surface area contributed by atoms with Gasteiger partial charge in [-0.3, -0.25) is 9.58 Å². The lowest BCUT2D eigenvalue weighted by atomic mass is 10.1. The summed E-state index contributed by atoms with van der Waals surface area (Å²) in [5.41, 5.74) is 1.29. The molecule has 0 bridgehead atoms. The van der Waals surface area contributed by atoms with Crippen molar-refractivity contribution < 1.29 is 0 Å². The molecule has 0 radical (unpaired) electrons. The summed E-state index contributed by atoms with van der Waals surface area (Å²) < 4.78 is 2.06. The molecule has 1 aromatic heterocycles. The maximum absolute atomic E-state index is 4.47. The fourth-order valence-corrected chi connectivity index (χ4v) is 3.31. The van der Waals surface area contributed by atoms with Gasteiger partial charge in [0.15, 0.2) is 0 Å². The molecule has 0 spiro atoms. The molecule has 2 aliphatic rings. The average Bonchev–Trinajstić information content (AvgIpc) is 2.94. The Labute approximate surface area is 110 Å². The number of hydrogen-bond donors (Lipinski definition) is 0. The first kappa shape index (κ1) is 12.0. The fraction of sp³-hybridized carbons (Fsp3) is 0.786. The van der Waals surface area contributed by atoms with Gasteiger partial charge in [0.25, 0.3) is 0 Å². The van der Waals surface area contributed by atoms with Crippen molar-refractivity contribution in [3.63, 3.8) is 0 Å². The van der Waals surface area contributed by atoms with E-state index in [0.29, 0.717) is 12.1 Å². The van der Waals surface area contributed by atoms with Gasteiger partial charge in [-0.2, -0.15) is 5.10 Å². The molecule has 0 aromatic carbocycles. The highest BCUT2D eigenvalue weighted by Gasteiger charge is 2.34. The summed E-state index contributed by atoms with van der Waals surface area (Å²) in [4.78, 5) is 5.20. The lowest BCUT2D eigenvalue weighted by molar-refractivity contribution is 0.203. The molecule has 2 fully saturated rings. The molecule has 100 valence electrons. The first-order valence-electron chi connectivity index (χ1n) is 7.20. The van der Waals surface area contributed by atoms with E-state index in [-0.39, 0.29) is 0 Å². The molecule has 4 nitrogen and oxygen atoms in total. The maximum atomic E-state index is 4.47. The minimum atomic E-state index is 0.446. The van der Waals surface area contributed by atoms with E-state index >= 15 is 0 Å². The van der Waals surface area contributed by atoms with Gasteiger partial charge in [-0.15, -0.1) is 0 Å². The normalized spacial score (nSPS) is 29.0. The van der Waals surface area contributed by atoms with E-state index in [9.17, 15) is 0 Å². The summed E-state index contributed by atoms with van der Waals surface area (Å²) in [5.74, 6) is 0. The minimum Gasteiger partial charge on any atom is -0.363 e. The Bertz CT molecular complexity index is 412. The number of rotatable bonds is 2. The summed E-state index contributed by atoms with van der Waals surface area (Å²) in [7, 11) is 0. The van der Waals surface area contributed by atoms with Crippen LogP contribution in [0, 0.1) is 0 Å². The Morgan fingerprint density at radius 3 is 2.89 bits per heavy atom. The third kappa shape index (κ3) is 2.03. The van der Waals surface area contributed by atoms with Crippen LogP contribution in [0.15, 0.2) is 12.4 Å². The van der Waals surface area contributed by atoms with Gasteiger partial charge in [0.1, 0.15) is 0 Å². The van der Waals surface area contributed by atoms with E-state index < -0.39 is 0 Å². The largest absolute Gasteiger partial charge is 0.363 e. The Morgan fingerprint density at radius 2 is 2.17 bits per heavy atom. The molecular formula is C14H24N4. The van der Waals surface area contributed by atoms with Gasteiger partial charge in [0.2, 0.25) is 0 Å². The van der Waals surface area contributed by atoms with Crippen LogP contribution >= 0.6 is 0 Å². The number of fused-ring (bicyclic) bond motifs is 1. The summed E-state index contributed by atoms with van der Waals surface area (Å²) in [6, 6.07) is 1.81. The van der Waals surface area contributed by atoms with Gasteiger partial charge < -0.3 is 4.90 Å². The zero-order valence-corrected chi connectivity index (χ0v) is 11.7. The Hall–Kier alpha value is -1.03.